The first kappa shape index (κ1) is 8.38. The van der Waals surface area contributed by atoms with Crippen LogP contribution in [0.5, 0.6) is 0 Å². The summed E-state index contributed by atoms with van der Waals surface area (Å²) in [4.78, 5) is 11.3. The predicted molar refractivity (Wildman–Crippen MR) is 53.2 cm³/mol. The molecule has 1 aromatic carbocycles. The summed E-state index contributed by atoms with van der Waals surface area (Å²) in [6.45, 7) is 1.81. The van der Waals surface area contributed by atoms with Gasteiger partial charge in [-0.2, -0.15) is 0 Å². The van der Waals surface area contributed by atoms with Crippen molar-refractivity contribution in [3.63, 3.8) is 0 Å². The second-order valence-corrected chi connectivity index (χ2v) is 3.48. The molecule has 1 heterocycles. The van der Waals surface area contributed by atoms with Gasteiger partial charge in [-0.05, 0) is 25.1 Å². The van der Waals surface area contributed by atoms with E-state index in [0.29, 0.717) is 5.02 Å². The highest BCUT2D eigenvalue weighted by atomic mass is 35.5. The topological polar surface area (TPSA) is 41.1 Å². The SMILES string of the molecule is C[C@@H]1Nc2ccc(Cl)cc2NC1=O. The van der Waals surface area contributed by atoms with Crippen LogP contribution in [0.4, 0.5) is 11.4 Å². The van der Waals surface area contributed by atoms with Crippen LogP contribution in [0, 0.1) is 0 Å². The van der Waals surface area contributed by atoms with Gasteiger partial charge in [-0.15, -0.1) is 0 Å². The average molecular weight is 197 g/mol. The number of fused-ring (bicyclic) bond motifs is 1. The fraction of sp³-hybridized carbons (Fsp3) is 0.222. The number of nitrogens with one attached hydrogen (secondary N) is 2. The third-order valence-corrected chi connectivity index (χ3v) is 2.24. The molecule has 3 nitrogen and oxygen atoms in total. The van der Waals surface area contributed by atoms with E-state index >= 15 is 0 Å². The summed E-state index contributed by atoms with van der Waals surface area (Å²) in [5.41, 5.74) is 1.66. The first-order valence-corrected chi connectivity index (χ1v) is 4.41. The number of amides is 1. The van der Waals surface area contributed by atoms with E-state index in [-0.39, 0.29) is 11.9 Å². The van der Waals surface area contributed by atoms with Crippen molar-refractivity contribution in [1.29, 1.82) is 0 Å². The van der Waals surface area contributed by atoms with Gasteiger partial charge in [0, 0.05) is 5.02 Å². The Balaban J connectivity index is 2.42. The zero-order chi connectivity index (χ0) is 9.42. The van der Waals surface area contributed by atoms with Crippen LogP contribution in [0.1, 0.15) is 6.92 Å². The van der Waals surface area contributed by atoms with Crippen LogP contribution in [0.2, 0.25) is 5.02 Å². The summed E-state index contributed by atoms with van der Waals surface area (Å²) in [6.07, 6.45) is 0. The summed E-state index contributed by atoms with van der Waals surface area (Å²) in [5, 5.41) is 6.45. The Morgan fingerprint density at radius 3 is 2.92 bits per heavy atom. The van der Waals surface area contributed by atoms with E-state index in [1.54, 1.807) is 12.1 Å². The zero-order valence-electron chi connectivity index (χ0n) is 7.10. The smallest absolute Gasteiger partial charge is 0.246 e. The number of carbonyl (C=O) groups is 1. The van der Waals surface area contributed by atoms with E-state index in [1.165, 1.54) is 0 Å². The van der Waals surface area contributed by atoms with E-state index in [1.807, 2.05) is 13.0 Å². The van der Waals surface area contributed by atoms with E-state index in [9.17, 15) is 4.79 Å². The number of carbonyl (C=O) groups excluding carboxylic acids is 1. The Bertz CT molecular complexity index is 365. The monoisotopic (exact) mass is 196 g/mol. The van der Waals surface area contributed by atoms with Gasteiger partial charge in [0.15, 0.2) is 0 Å². The number of halogens is 1. The van der Waals surface area contributed by atoms with Crippen LogP contribution < -0.4 is 10.6 Å². The highest BCUT2D eigenvalue weighted by molar-refractivity contribution is 6.31. The lowest BCUT2D eigenvalue weighted by Crippen LogP contribution is -2.36. The second-order valence-electron chi connectivity index (χ2n) is 3.05. The van der Waals surface area contributed by atoms with Crippen LogP contribution in [-0.2, 0) is 4.79 Å². The molecule has 1 amide bonds. The van der Waals surface area contributed by atoms with Crippen LogP contribution in [0.3, 0.4) is 0 Å². The normalized spacial score (nSPS) is 20.2. The predicted octanol–water partition coefficient (Wildman–Crippen LogP) is 2.09. The summed E-state index contributed by atoms with van der Waals surface area (Å²) in [7, 11) is 0. The Kier molecular flexibility index (Phi) is 1.88. The Labute approximate surface area is 81.1 Å². The molecule has 1 aliphatic rings. The van der Waals surface area contributed by atoms with Gasteiger partial charge in [-0.25, -0.2) is 0 Å². The van der Waals surface area contributed by atoms with E-state index in [0.717, 1.165) is 11.4 Å². The lowest BCUT2D eigenvalue weighted by atomic mass is 10.1. The van der Waals surface area contributed by atoms with Crippen molar-refractivity contribution < 1.29 is 4.79 Å². The molecule has 1 aromatic rings. The molecule has 0 fully saturated rings. The summed E-state index contributed by atoms with van der Waals surface area (Å²) >= 11 is 5.78. The molecule has 0 bridgehead atoms. The van der Waals surface area contributed by atoms with Gasteiger partial charge in [0.1, 0.15) is 6.04 Å². The Morgan fingerprint density at radius 2 is 2.15 bits per heavy atom. The van der Waals surface area contributed by atoms with Crippen molar-refractivity contribution in [2.24, 2.45) is 0 Å². The molecule has 2 rings (SSSR count). The lowest BCUT2D eigenvalue weighted by Gasteiger charge is -2.24. The summed E-state index contributed by atoms with van der Waals surface area (Å²) < 4.78 is 0. The van der Waals surface area contributed by atoms with Crippen molar-refractivity contribution in [2.75, 3.05) is 10.6 Å². The van der Waals surface area contributed by atoms with Crippen LogP contribution >= 0.6 is 11.6 Å². The van der Waals surface area contributed by atoms with Gasteiger partial charge in [0.2, 0.25) is 5.91 Å². The van der Waals surface area contributed by atoms with Crippen molar-refractivity contribution in [3.05, 3.63) is 23.2 Å². The number of rotatable bonds is 0. The number of hydrogen-bond donors (Lipinski definition) is 2. The molecule has 0 unspecified atom stereocenters. The van der Waals surface area contributed by atoms with Gasteiger partial charge < -0.3 is 10.6 Å². The Morgan fingerprint density at radius 1 is 1.38 bits per heavy atom. The van der Waals surface area contributed by atoms with Crippen molar-refractivity contribution in [1.82, 2.24) is 0 Å². The molecule has 1 aliphatic heterocycles. The molecule has 0 saturated carbocycles. The molecule has 0 aliphatic carbocycles. The third-order valence-electron chi connectivity index (χ3n) is 2.00. The molecule has 0 saturated heterocycles. The van der Waals surface area contributed by atoms with Crippen molar-refractivity contribution in [3.8, 4) is 0 Å². The fourth-order valence-electron chi connectivity index (χ4n) is 1.29. The third kappa shape index (κ3) is 1.47. The quantitative estimate of drug-likeness (QED) is 0.667. The molecule has 1 atom stereocenters. The minimum Gasteiger partial charge on any atom is -0.372 e. The van der Waals surface area contributed by atoms with Crippen LogP contribution in [0.25, 0.3) is 0 Å². The molecular weight excluding hydrogens is 188 g/mol. The molecule has 0 radical (unpaired) electrons. The molecule has 4 heteroatoms. The fourth-order valence-corrected chi connectivity index (χ4v) is 1.46. The van der Waals surface area contributed by atoms with Gasteiger partial charge in [0.25, 0.3) is 0 Å². The molecular formula is C9H9ClN2O. The summed E-state index contributed by atoms with van der Waals surface area (Å²) in [5.74, 6) is -0.0326. The number of anilines is 2. The first-order chi connectivity index (χ1) is 6.16. The largest absolute Gasteiger partial charge is 0.372 e. The van der Waals surface area contributed by atoms with E-state index < -0.39 is 0 Å². The molecule has 0 aromatic heterocycles. The maximum atomic E-state index is 11.3. The number of hydrogen-bond acceptors (Lipinski definition) is 2. The van der Waals surface area contributed by atoms with Crippen LogP contribution in [-0.4, -0.2) is 11.9 Å². The van der Waals surface area contributed by atoms with E-state index in [2.05, 4.69) is 10.6 Å². The Hall–Kier alpha value is -1.22. The molecule has 0 spiro atoms. The number of benzene rings is 1. The zero-order valence-corrected chi connectivity index (χ0v) is 7.85. The van der Waals surface area contributed by atoms with Gasteiger partial charge in [-0.1, -0.05) is 11.6 Å². The molecule has 13 heavy (non-hydrogen) atoms. The molecule has 68 valence electrons. The highest BCUT2D eigenvalue weighted by Gasteiger charge is 2.20. The van der Waals surface area contributed by atoms with Crippen LogP contribution in [0.15, 0.2) is 18.2 Å². The second kappa shape index (κ2) is 2.92. The first-order valence-electron chi connectivity index (χ1n) is 4.04. The maximum absolute atomic E-state index is 11.3. The van der Waals surface area contributed by atoms with Gasteiger partial charge in [-0.3, -0.25) is 4.79 Å². The summed E-state index contributed by atoms with van der Waals surface area (Å²) in [6, 6.07) is 5.19. The van der Waals surface area contributed by atoms with Gasteiger partial charge >= 0.3 is 0 Å². The molecule has 2 N–H and O–H groups in total. The van der Waals surface area contributed by atoms with E-state index in [4.69, 9.17) is 11.6 Å². The minimum atomic E-state index is -0.186. The standard InChI is InChI=1S/C9H9ClN2O/c1-5-9(13)12-8-4-6(10)2-3-7(8)11-5/h2-5,11H,1H3,(H,12,13)/t5-/m0/s1. The lowest BCUT2D eigenvalue weighted by molar-refractivity contribution is -0.116. The highest BCUT2D eigenvalue weighted by Crippen LogP contribution is 2.29. The average Bonchev–Trinajstić information content (AvgIpc) is 2.08. The van der Waals surface area contributed by atoms with Crippen molar-refractivity contribution >= 4 is 28.9 Å². The maximum Gasteiger partial charge on any atom is 0.246 e. The van der Waals surface area contributed by atoms with Crippen molar-refractivity contribution in [2.45, 2.75) is 13.0 Å². The minimum absolute atomic E-state index is 0.0326. The van der Waals surface area contributed by atoms with Gasteiger partial charge in [0.05, 0.1) is 11.4 Å².